The van der Waals surface area contributed by atoms with Crippen LogP contribution in [-0.2, 0) is 11.2 Å². The highest BCUT2D eigenvalue weighted by molar-refractivity contribution is 6.35. The molecule has 106 valence electrons. The largest absolute Gasteiger partial charge is 0.325 e. The lowest BCUT2D eigenvalue weighted by Gasteiger charge is -2.08. The molecule has 0 aliphatic carbocycles. The predicted octanol–water partition coefficient (Wildman–Crippen LogP) is 4.44. The van der Waals surface area contributed by atoms with Gasteiger partial charge in [0.1, 0.15) is 6.07 Å². The number of hydrogen-bond donors (Lipinski definition) is 1. The van der Waals surface area contributed by atoms with Crippen molar-refractivity contribution < 1.29 is 4.79 Å². The molecule has 0 saturated carbocycles. The minimum absolute atomic E-state index is 0.163. The van der Waals surface area contributed by atoms with Crippen molar-refractivity contribution in [3.63, 3.8) is 0 Å². The number of nitrogens with zero attached hydrogens (tertiary/aromatic N) is 1. The summed E-state index contributed by atoms with van der Waals surface area (Å²) < 4.78 is 0. The highest BCUT2D eigenvalue weighted by Gasteiger charge is 2.08. The molecule has 1 N–H and O–H groups in total. The van der Waals surface area contributed by atoms with E-state index >= 15 is 0 Å². The summed E-state index contributed by atoms with van der Waals surface area (Å²) in [7, 11) is 0. The molecule has 0 radical (unpaired) electrons. The molecule has 0 bridgehead atoms. The molecule has 0 unspecified atom stereocenters. The topological polar surface area (TPSA) is 52.9 Å². The Balaban J connectivity index is 1.98. The van der Waals surface area contributed by atoms with Gasteiger partial charge in [-0.15, -0.1) is 0 Å². The second-order valence-corrected chi connectivity index (χ2v) is 5.28. The zero-order valence-corrected chi connectivity index (χ0v) is 12.6. The van der Waals surface area contributed by atoms with Crippen LogP contribution in [-0.4, -0.2) is 5.91 Å². The number of nitrogens with one attached hydrogen (secondary N) is 1. The summed E-state index contributed by atoms with van der Waals surface area (Å²) in [6.45, 7) is 0. The molecule has 3 nitrogen and oxygen atoms in total. The molecule has 0 heterocycles. The molecule has 0 aliphatic rings. The SMILES string of the molecule is N#Cc1ccccc1NC(=O)CCc1ccc(Cl)cc1Cl. The van der Waals surface area contributed by atoms with E-state index in [2.05, 4.69) is 5.32 Å². The monoisotopic (exact) mass is 318 g/mol. The Morgan fingerprint density at radius 1 is 1.19 bits per heavy atom. The number of rotatable bonds is 4. The van der Waals surface area contributed by atoms with Crippen LogP contribution in [0.5, 0.6) is 0 Å². The van der Waals surface area contributed by atoms with Crippen molar-refractivity contribution in [2.75, 3.05) is 5.32 Å². The Morgan fingerprint density at radius 3 is 2.67 bits per heavy atom. The van der Waals surface area contributed by atoms with Crippen LogP contribution in [0.15, 0.2) is 42.5 Å². The molecule has 2 rings (SSSR count). The van der Waals surface area contributed by atoms with E-state index in [1.807, 2.05) is 6.07 Å². The fraction of sp³-hybridized carbons (Fsp3) is 0.125. The molecule has 0 saturated heterocycles. The smallest absolute Gasteiger partial charge is 0.224 e. The summed E-state index contributed by atoms with van der Waals surface area (Å²) in [5.74, 6) is -0.163. The van der Waals surface area contributed by atoms with Crippen LogP contribution < -0.4 is 5.32 Å². The van der Waals surface area contributed by atoms with Gasteiger partial charge in [0.25, 0.3) is 0 Å². The maximum Gasteiger partial charge on any atom is 0.224 e. The molecule has 0 aromatic heterocycles. The Morgan fingerprint density at radius 2 is 1.95 bits per heavy atom. The standard InChI is InChI=1S/C16H12Cl2N2O/c17-13-7-5-11(14(18)9-13)6-8-16(21)20-15-4-2-1-3-12(15)10-19/h1-5,7,9H,6,8H2,(H,20,21). The van der Waals surface area contributed by atoms with Crippen LogP contribution in [0.3, 0.4) is 0 Å². The highest BCUT2D eigenvalue weighted by atomic mass is 35.5. The summed E-state index contributed by atoms with van der Waals surface area (Å²) in [5, 5.41) is 12.8. The highest BCUT2D eigenvalue weighted by Crippen LogP contribution is 2.22. The number of carbonyl (C=O) groups is 1. The molecule has 0 aliphatic heterocycles. The first kappa shape index (κ1) is 15.4. The number of carbonyl (C=O) groups excluding carboxylic acids is 1. The number of anilines is 1. The van der Waals surface area contributed by atoms with Crippen molar-refractivity contribution in [3.05, 3.63) is 63.6 Å². The van der Waals surface area contributed by atoms with Crippen LogP contribution in [0.1, 0.15) is 17.5 Å². The molecule has 0 spiro atoms. The van der Waals surface area contributed by atoms with Gasteiger partial charge < -0.3 is 5.32 Å². The van der Waals surface area contributed by atoms with Crippen LogP contribution in [0.4, 0.5) is 5.69 Å². The Labute approximate surface area is 133 Å². The average Bonchev–Trinajstić information content (AvgIpc) is 2.47. The first-order valence-corrected chi connectivity index (χ1v) is 7.08. The second kappa shape index (κ2) is 7.12. The fourth-order valence-corrected chi connectivity index (χ4v) is 2.38. The summed E-state index contributed by atoms with van der Waals surface area (Å²) in [6.07, 6.45) is 0.789. The lowest BCUT2D eigenvalue weighted by molar-refractivity contribution is -0.116. The Bertz CT molecular complexity index is 708. The third-order valence-corrected chi connectivity index (χ3v) is 3.55. The molecule has 1 amide bonds. The molecule has 0 fully saturated rings. The van der Waals surface area contributed by atoms with Crippen LogP contribution in [0.25, 0.3) is 0 Å². The van der Waals surface area contributed by atoms with Crippen molar-refractivity contribution in [2.45, 2.75) is 12.8 Å². The quantitative estimate of drug-likeness (QED) is 0.906. The van der Waals surface area contributed by atoms with Gasteiger partial charge in [0.15, 0.2) is 0 Å². The van der Waals surface area contributed by atoms with Crippen molar-refractivity contribution >= 4 is 34.8 Å². The average molecular weight is 319 g/mol. The van der Waals surface area contributed by atoms with Gasteiger partial charge in [-0.2, -0.15) is 5.26 Å². The van der Waals surface area contributed by atoms with E-state index in [9.17, 15) is 4.79 Å². The van der Waals surface area contributed by atoms with E-state index in [1.54, 1.807) is 42.5 Å². The molecule has 21 heavy (non-hydrogen) atoms. The third kappa shape index (κ3) is 4.22. The first-order valence-electron chi connectivity index (χ1n) is 6.33. The van der Waals surface area contributed by atoms with Crippen molar-refractivity contribution in [2.24, 2.45) is 0 Å². The maximum absolute atomic E-state index is 11.9. The van der Waals surface area contributed by atoms with E-state index < -0.39 is 0 Å². The first-order chi connectivity index (χ1) is 10.1. The zero-order chi connectivity index (χ0) is 15.2. The van der Waals surface area contributed by atoms with Crippen molar-refractivity contribution in [1.82, 2.24) is 0 Å². The van der Waals surface area contributed by atoms with Gasteiger partial charge >= 0.3 is 0 Å². The normalized spacial score (nSPS) is 9.95. The number of halogens is 2. The lowest BCUT2D eigenvalue weighted by atomic mass is 10.1. The summed E-state index contributed by atoms with van der Waals surface area (Å²) in [5.41, 5.74) is 1.83. The number of aryl methyl sites for hydroxylation is 1. The van der Waals surface area contributed by atoms with Crippen LogP contribution in [0, 0.1) is 11.3 Å². The predicted molar refractivity (Wildman–Crippen MR) is 84.6 cm³/mol. The van der Waals surface area contributed by atoms with Gasteiger partial charge in [-0.3, -0.25) is 4.79 Å². The second-order valence-electron chi connectivity index (χ2n) is 4.44. The minimum Gasteiger partial charge on any atom is -0.325 e. The van der Waals surface area contributed by atoms with E-state index in [0.717, 1.165) is 5.56 Å². The van der Waals surface area contributed by atoms with Gasteiger partial charge in [0.2, 0.25) is 5.91 Å². The number of amides is 1. The number of benzene rings is 2. The molecule has 2 aromatic carbocycles. The van der Waals surface area contributed by atoms with Crippen molar-refractivity contribution in [3.8, 4) is 6.07 Å². The zero-order valence-electron chi connectivity index (χ0n) is 11.1. The summed E-state index contributed by atoms with van der Waals surface area (Å²) in [4.78, 5) is 11.9. The van der Waals surface area contributed by atoms with E-state index in [1.165, 1.54) is 0 Å². The number of nitriles is 1. The van der Waals surface area contributed by atoms with Gasteiger partial charge in [0.05, 0.1) is 11.3 Å². The van der Waals surface area contributed by atoms with Gasteiger partial charge in [-0.1, -0.05) is 41.4 Å². The maximum atomic E-state index is 11.9. The van der Waals surface area contributed by atoms with E-state index in [4.69, 9.17) is 28.5 Å². The number of hydrogen-bond acceptors (Lipinski definition) is 2. The lowest BCUT2D eigenvalue weighted by Crippen LogP contribution is -2.13. The molecular weight excluding hydrogens is 307 g/mol. The van der Waals surface area contributed by atoms with Crippen LogP contribution in [0.2, 0.25) is 10.0 Å². The van der Waals surface area contributed by atoms with Crippen molar-refractivity contribution in [1.29, 1.82) is 5.26 Å². The van der Waals surface area contributed by atoms with E-state index in [0.29, 0.717) is 27.7 Å². The fourth-order valence-electron chi connectivity index (χ4n) is 1.87. The molecule has 0 atom stereocenters. The molecule has 5 heteroatoms. The summed E-state index contributed by atoms with van der Waals surface area (Å²) in [6, 6.07) is 14.1. The van der Waals surface area contributed by atoms with E-state index in [-0.39, 0.29) is 12.3 Å². The van der Waals surface area contributed by atoms with Gasteiger partial charge in [0, 0.05) is 16.5 Å². The number of para-hydroxylation sites is 1. The van der Waals surface area contributed by atoms with Gasteiger partial charge in [-0.05, 0) is 36.2 Å². The summed E-state index contributed by atoms with van der Waals surface area (Å²) >= 11 is 11.9. The molecular formula is C16H12Cl2N2O. The third-order valence-electron chi connectivity index (χ3n) is 2.96. The van der Waals surface area contributed by atoms with Gasteiger partial charge in [-0.25, -0.2) is 0 Å². The Hall–Kier alpha value is -2.02. The minimum atomic E-state index is -0.163. The van der Waals surface area contributed by atoms with Crippen LogP contribution >= 0.6 is 23.2 Å². The molecule has 2 aromatic rings. The Kier molecular flexibility index (Phi) is 5.21.